The van der Waals surface area contributed by atoms with Crippen LogP contribution in [0.4, 0.5) is 5.82 Å². The SMILES string of the molecule is Nc1c2c(nn1-c1cc(-c3ccccc3)no1)CCCC2. The Bertz CT molecular complexity index is 773. The first kappa shape index (κ1) is 12.2. The number of nitrogens with zero attached hydrogens (tertiary/aromatic N) is 3. The summed E-state index contributed by atoms with van der Waals surface area (Å²) in [7, 11) is 0. The molecule has 5 heteroatoms. The molecule has 106 valence electrons. The van der Waals surface area contributed by atoms with Gasteiger partial charge in [0.2, 0.25) is 0 Å². The first-order valence-corrected chi connectivity index (χ1v) is 7.21. The van der Waals surface area contributed by atoms with Gasteiger partial charge in [-0.25, -0.2) is 0 Å². The van der Waals surface area contributed by atoms with Gasteiger partial charge < -0.3 is 10.3 Å². The smallest absolute Gasteiger partial charge is 0.254 e. The third kappa shape index (κ3) is 2.01. The normalized spacial score (nSPS) is 14.1. The maximum Gasteiger partial charge on any atom is 0.254 e. The zero-order valence-corrected chi connectivity index (χ0v) is 11.6. The molecule has 0 spiro atoms. The molecule has 0 atom stereocenters. The van der Waals surface area contributed by atoms with E-state index in [1.807, 2.05) is 36.4 Å². The maximum atomic E-state index is 6.22. The molecule has 0 saturated heterocycles. The molecule has 0 amide bonds. The van der Waals surface area contributed by atoms with Gasteiger partial charge in [-0.1, -0.05) is 35.5 Å². The van der Waals surface area contributed by atoms with Gasteiger partial charge in [-0.05, 0) is 25.7 Å². The van der Waals surface area contributed by atoms with Crippen LogP contribution in [0.3, 0.4) is 0 Å². The third-order valence-electron chi connectivity index (χ3n) is 3.97. The number of hydrogen-bond acceptors (Lipinski definition) is 4. The Labute approximate surface area is 122 Å². The summed E-state index contributed by atoms with van der Waals surface area (Å²) in [5, 5.41) is 8.70. The van der Waals surface area contributed by atoms with Crippen molar-refractivity contribution in [2.75, 3.05) is 5.73 Å². The van der Waals surface area contributed by atoms with E-state index in [-0.39, 0.29) is 0 Å². The van der Waals surface area contributed by atoms with Crippen LogP contribution in [-0.2, 0) is 12.8 Å². The van der Waals surface area contributed by atoms with Crippen molar-refractivity contribution in [2.24, 2.45) is 0 Å². The standard InChI is InChI=1S/C16H16N4O/c17-16-12-8-4-5-9-13(12)18-20(16)15-10-14(19-21-15)11-6-2-1-3-7-11/h1-3,6-7,10H,4-5,8-9,17H2. The summed E-state index contributed by atoms with van der Waals surface area (Å²) < 4.78 is 7.11. The van der Waals surface area contributed by atoms with Crippen LogP contribution >= 0.6 is 0 Å². The van der Waals surface area contributed by atoms with Crippen molar-refractivity contribution in [2.45, 2.75) is 25.7 Å². The van der Waals surface area contributed by atoms with Crippen LogP contribution in [0.1, 0.15) is 24.1 Å². The van der Waals surface area contributed by atoms with Crippen molar-refractivity contribution in [3.63, 3.8) is 0 Å². The summed E-state index contributed by atoms with van der Waals surface area (Å²) >= 11 is 0. The second-order valence-electron chi connectivity index (χ2n) is 5.35. The molecule has 2 N–H and O–H groups in total. The van der Waals surface area contributed by atoms with E-state index >= 15 is 0 Å². The van der Waals surface area contributed by atoms with Crippen molar-refractivity contribution in [1.82, 2.24) is 14.9 Å². The molecule has 2 aromatic heterocycles. The fourth-order valence-corrected chi connectivity index (χ4v) is 2.86. The summed E-state index contributed by atoms with van der Waals surface area (Å²) in [6, 6.07) is 11.8. The summed E-state index contributed by atoms with van der Waals surface area (Å²) in [6.07, 6.45) is 4.34. The number of hydrogen-bond donors (Lipinski definition) is 1. The molecule has 0 fully saturated rings. The molecule has 0 bridgehead atoms. The molecule has 1 aromatic carbocycles. The Morgan fingerprint density at radius 3 is 2.71 bits per heavy atom. The molecule has 4 rings (SSSR count). The summed E-state index contributed by atoms with van der Waals surface area (Å²) in [4.78, 5) is 0. The average molecular weight is 280 g/mol. The second kappa shape index (κ2) is 4.77. The lowest BCUT2D eigenvalue weighted by Gasteiger charge is -2.08. The second-order valence-corrected chi connectivity index (χ2v) is 5.35. The number of rotatable bonds is 2. The lowest BCUT2D eigenvalue weighted by molar-refractivity contribution is 0.401. The number of nitrogen functional groups attached to an aromatic ring is 1. The molecule has 1 aliphatic carbocycles. The van der Waals surface area contributed by atoms with E-state index in [4.69, 9.17) is 10.3 Å². The zero-order chi connectivity index (χ0) is 14.2. The number of nitrogens with two attached hydrogens (primary N) is 1. The maximum absolute atomic E-state index is 6.22. The minimum absolute atomic E-state index is 0.570. The van der Waals surface area contributed by atoms with Crippen molar-refractivity contribution in [3.05, 3.63) is 47.7 Å². The minimum Gasteiger partial charge on any atom is -0.383 e. The van der Waals surface area contributed by atoms with Gasteiger partial charge in [0.05, 0.1) is 5.69 Å². The summed E-state index contributed by atoms with van der Waals surface area (Å²) in [6.45, 7) is 0. The van der Waals surface area contributed by atoms with Crippen molar-refractivity contribution in [1.29, 1.82) is 0 Å². The van der Waals surface area contributed by atoms with E-state index in [0.29, 0.717) is 11.7 Å². The highest BCUT2D eigenvalue weighted by Crippen LogP contribution is 2.29. The van der Waals surface area contributed by atoms with Gasteiger partial charge in [0.15, 0.2) is 0 Å². The van der Waals surface area contributed by atoms with E-state index in [1.54, 1.807) is 4.68 Å². The Kier molecular flexibility index (Phi) is 2.77. The van der Waals surface area contributed by atoms with Crippen LogP contribution in [0, 0.1) is 0 Å². The van der Waals surface area contributed by atoms with Gasteiger partial charge in [-0.15, -0.1) is 0 Å². The van der Waals surface area contributed by atoms with Crippen molar-refractivity contribution >= 4 is 5.82 Å². The van der Waals surface area contributed by atoms with E-state index in [2.05, 4.69) is 10.3 Å². The predicted octanol–water partition coefficient (Wildman–Crippen LogP) is 2.99. The van der Waals surface area contributed by atoms with Gasteiger partial charge in [0.25, 0.3) is 5.88 Å². The highest BCUT2D eigenvalue weighted by atomic mass is 16.5. The van der Waals surface area contributed by atoms with Crippen LogP contribution in [0.5, 0.6) is 0 Å². The molecule has 1 aliphatic rings. The molecular weight excluding hydrogens is 264 g/mol. The molecule has 0 saturated carbocycles. The highest BCUT2D eigenvalue weighted by molar-refractivity contribution is 5.60. The van der Waals surface area contributed by atoms with Gasteiger partial charge in [0.1, 0.15) is 11.5 Å². The average Bonchev–Trinajstić information content (AvgIpc) is 3.14. The van der Waals surface area contributed by atoms with Crippen molar-refractivity contribution in [3.8, 4) is 17.1 Å². The molecule has 3 aromatic rings. The minimum atomic E-state index is 0.570. The van der Waals surface area contributed by atoms with E-state index < -0.39 is 0 Å². The Morgan fingerprint density at radius 2 is 1.90 bits per heavy atom. The largest absolute Gasteiger partial charge is 0.383 e. The zero-order valence-electron chi connectivity index (χ0n) is 11.6. The van der Waals surface area contributed by atoms with Gasteiger partial charge in [-0.3, -0.25) is 0 Å². The van der Waals surface area contributed by atoms with Crippen LogP contribution in [0.25, 0.3) is 17.1 Å². The quantitative estimate of drug-likeness (QED) is 0.783. The van der Waals surface area contributed by atoms with Crippen LogP contribution < -0.4 is 5.73 Å². The Morgan fingerprint density at radius 1 is 1.10 bits per heavy atom. The monoisotopic (exact) mass is 280 g/mol. The molecule has 0 aliphatic heterocycles. The number of fused-ring (bicyclic) bond motifs is 1. The lowest BCUT2D eigenvalue weighted by atomic mass is 9.98. The van der Waals surface area contributed by atoms with E-state index in [1.165, 1.54) is 18.4 Å². The van der Waals surface area contributed by atoms with Crippen LogP contribution in [0.15, 0.2) is 40.9 Å². The van der Waals surface area contributed by atoms with Crippen LogP contribution in [-0.4, -0.2) is 14.9 Å². The van der Waals surface area contributed by atoms with Crippen LogP contribution in [0.2, 0.25) is 0 Å². The Balaban J connectivity index is 1.75. The topological polar surface area (TPSA) is 69.9 Å². The number of anilines is 1. The molecule has 2 heterocycles. The highest BCUT2D eigenvalue weighted by Gasteiger charge is 2.21. The van der Waals surface area contributed by atoms with Gasteiger partial charge >= 0.3 is 0 Å². The van der Waals surface area contributed by atoms with Gasteiger partial charge in [-0.2, -0.15) is 9.78 Å². The lowest BCUT2D eigenvalue weighted by Crippen LogP contribution is -2.03. The molecule has 21 heavy (non-hydrogen) atoms. The van der Waals surface area contributed by atoms with Gasteiger partial charge in [0, 0.05) is 17.2 Å². The first-order valence-electron chi connectivity index (χ1n) is 7.21. The third-order valence-corrected chi connectivity index (χ3v) is 3.97. The predicted molar refractivity (Wildman–Crippen MR) is 80.1 cm³/mol. The number of aryl methyl sites for hydroxylation is 1. The first-order chi connectivity index (χ1) is 10.3. The van der Waals surface area contributed by atoms with Crippen molar-refractivity contribution < 1.29 is 4.52 Å². The molecular formula is C16H16N4O. The fourth-order valence-electron chi connectivity index (χ4n) is 2.86. The summed E-state index contributed by atoms with van der Waals surface area (Å²) in [5.74, 6) is 1.25. The molecule has 5 nitrogen and oxygen atoms in total. The summed E-state index contributed by atoms with van der Waals surface area (Å²) in [5.41, 5.74) is 10.3. The van der Waals surface area contributed by atoms with E-state index in [9.17, 15) is 0 Å². The number of benzene rings is 1. The number of aromatic nitrogens is 3. The van der Waals surface area contributed by atoms with E-state index in [0.717, 1.165) is 29.8 Å². The molecule has 0 unspecified atom stereocenters. The Hall–Kier alpha value is -2.56. The fraction of sp³-hybridized carbons (Fsp3) is 0.250. The molecule has 0 radical (unpaired) electrons.